The van der Waals surface area contributed by atoms with Crippen molar-refractivity contribution >= 4 is 23.2 Å². The Bertz CT molecular complexity index is 556. The van der Waals surface area contributed by atoms with Crippen LogP contribution in [0.3, 0.4) is 0 Å². The molecule has 0 saturated carbocycles. The smallest absolute Gasteiger partial charge is 0.244 e. The maximum absolute atomic E-state index is 12.0. The van der Waals surface area contributed by atoms with E-state index in [1.165, 1.54) is 12.1 Å². The van der Waals surface area contributed by atoms with Crippen molar-refractivity contribution in [2.24, 2.45) is 5.41 Å². The number of anilines is 1. The maximum atomic E-state index is 12.0. The van der Waals surface area contributed by atoms with Gasteiger partial charge in [0.15, 0.2) is 0 Å². The SMILES string of the molecule is CCC(C)(C#N)C(=O)Nc1cc(Cl)ccc1C#N. The van der Waals surface area contributed by atoms with Crippen LogP contribution in [0.2, 0.25) is 5.02 Å². The second-order valence-corrected chi connectivity index (χ2v) is 4.49. The van der Waals surface area contributed by atoms with E-state index in [2.05, 4.69) is 5.32 Å². The summed E-state index contributed by atoms with van der Waals surface area (Å²) in [6.07, 6.45) is 0.387. The van der Waals surface area contributed by atoms with Crippen LogP contribution in [0, 0.1) is 28.1 Å². The summed E-state index contributed by atoms with van der Waals surface area (Å²) in [4.78, 5) is 12.0. The van der Waals surface area contributed by atoms with Crippen molar-refractivity contribution in [1.82, 2.24) is 0 Å². The maximum Gasteiger partial charge on any atom is 0.244 e. The minimum Gasteiger partial charge on any atom is -0.323 e. The summed E-state index contributed by atoms with van der Waals surface area (Å²) in [5.74, 6) is -0.439. The molecule has 1 amide bonds. The van der Waals surface area contributed by atoms with Crippen LogP contribution >= 0.6 is 11.6 Å². The summed E-state index contributed by atoms with van der Waals surface area (Å²) in [6, 6.07) is 8.51. The molecule has 0 spiro atoms. The van der Waals surface area contributed by atoms with Gasteiger partial charge in [-0.15, -0.1) is 0 Å². The lowest BCUT2D eigenvalue weighted by molar-refractivity contribution is -0.122. The van der Waals surface area contributed by atoms with E-state index < -0.39 is 11.3 Å². The lowest BCUT2D eigenvalue weighted by Gasteiger charge is -2.19. The van der Waals surface area contributed by atoms with E-state index >= 15 is 0 Å². The summed E-state index contributed by atoms with van der Waals surface area (Å²) in [7, 11) is 0. The molecule has 0 bridgehead atoms. The van der Waals surface area contributed by atoms with Gasteiger partial charge in [-0.3, -0.25) is 4.79 Å². The van der Waals surface area contributed by atoms with Gasteiger partial charge < -0.3 is 5.32 Å². The van der Waals surface area contributed by atoms with Crippen LogP contribution in [-0.4, -0.2) is 5.91 Å². The van der Waals surface area contributed by atoms with E-state index in [4.69, 9.17) is 22.1 Å². The summed E-state index contributed by atoms with van der Waals surface area (Å²) in [6.45, 7) is 3.31. The highest BCUT2D eigenvalue weighted by Crippen LogP contribution is 2.25. The van der Waals surface area contributed by atoms with Gasteiger partial charge in [0.05, 0.1) is 17.3 Å². The van der Waals surface area contributed by atoms with E-state index in [1.54, 1.807) is 19.9 Å². The fourth-order valence-electron chi connectivity index (χ4n) is 1.27. The highest BCUT2D eigenvalue weighted by molar-refractivity contribution is 6.31. The largest absolute Gasteiger partial charge is 0.323 e. The number of nitriles is 2. The Morgan fingerprint density at radius 2 is 2.17 bits per heavy atom. The zero-order chi connectivity index (χ0) is 13.8. The molecular weight excluding hydrogens is 250 g/mol. The first-order chi connectivity index (χ1) is 8.46. The predicted molar refractivity (Wildman–Crippen MR) is 68.8 cm³/mol. The number of halogens is 1. The number of benzene rings is 1. The standard InChI is InChI=1S/C13H12ClN3O/c1-3-13(2,8-16)12(18)17-11-6-10(14)5-4-9(11)7-15/h4-6H,3H2,1-2H3,(H,17,18). The number of hydrogen-bond donors (Lipinski definition) is 1. The first-order valence-corrected chi connectivity index (χ1v) is 5.77. The molecule has 1 unspecified atom stereocenters. The van der Waals surface area contributed by atoms with Crippen LogP contribution in [0.25, 0.3) is 0 Å². The highest BCUT2D eigenvalue weighted by atomic mass is 35.5. The van der Waals surface area contributed by atoms with Crippen LogP contribution in [0.15, 0.2) is 18.2 Å². The van der Waals surface area contributed by atoms with Gasteiger partial charge in [-0.05, 0) is 31.5 Å². The zero-order valence-corrected chi connectivity index (χ0v) is 10.9. The molecule has 0 radical (unpaired) electrons. The molecular formula is C13H12ClN3O. The third-order valence-electron chi connectivity index (χ3n) is 2.81. The van der Waals surface area contributed by atoms with E-state index in [1.807, 2.05) is 12.1 Å². The number of rotatable bonds is 3. The van der Waals surface area contributed by atoms with E-state index in [0.29, 0.717) is 22.7 Å². The number of nitrogens with one attached hydrogen (secondary N) is 1. The third kappa shape index (κ3) is 2.80. The lowest BCUT2D eigenvalue weighted by atomic mass is 9.88. The Morgan fingerprint density at radius 1 is 1.50 bits per heavy atom. The average Bonchev–Trinajstić information content (AvgIpc) is 2.38. The first-order valence-electron chi connectivity index (χ1n) is 5.39. The molecule has 0 aliphatic carbocycles. The molecule has 0 heterocycles. The van der Waals surface area contributed by atoms with Gasteiger partial charge in [-0.25, -0.2) is 0 Å². The van der Waals surface area contributed by atoms with Crippen molar-refractivity contribution in [2.75, 3.05) is 5.32 Å². The average molecular weight is 262 g/mol. The second-order valence-electron chi connectivity index (χ2n) is 4.05. The Balaban J connectivity index is 3.07. The minimum atomic E-state index is -1.12. The van der Waals surface area contributed by atoms with Crippen molar-refractivity contribution < 1.29 is 4.79 Å². The molecule has 0 aromatic heterocycles. The van der Waals surface area contributed by atoms with Crippen molar-refractivity contribution in [1.29, 1.82) is 10.5 Å². The van der Waals surface area contributed by atoms with Crippen LogP contribution in [0.5, 0.6) is 0 Å². The molecule has 0 fully saturated rings. The first kappa shape index (κ1) is 14.0. The van der Waals surface area contributed by atoms with Gasteiger partial charge in [0.2, 0.25) is 5.91 Å². The van der Waals surface area contributed by atoms with Crippen molar-refractivity contribution in [3.05, 3.63) is 28.8 Å². The monoisotopic (exact) mass is 261 g/mol. The number of carbonyl (C=O) groups is 1. The van der Waals surface area contributed by atoms with Gasteiger partial charge in [-0.1, -0.05) is 18.5 Å². The Labute approximate surface area is 111 Å². The molecule has 1 rings (SSSR count). The van der Waals surface area contributed by atoms with Crippen molar-refractivity contribution in [3.8, 4) is 12.1 Å². The Hall–Kier alpha value is -2.04. The molecule has 0 aliphatic heterocycles. The summed E-state index contributed by atoms with van der Waals surface area (Å²) in [5, 5.41) is 20.9. The van der Waals surface area contributed by atoms with Crippen molar-refractivity contribution in [3.63, 3.8) is 0 Å². The van der Waals surface area contributed by atoms with Gasteiger partial charge in [0.1, 0.15) is 11.5 Å². The van der Waals surface area contributed by atoms with Gasteiger partial charge >= 0.3 is 0 Å². The third-order valence-corrected chi connectivity index (χ3v) is 3.04. The summed E-state index contributed by atoms with van der Waals surface area (Å²) >= 11 is 5.81. The highest BCUT2D eigenvalue weighted by Gasteiger charge is 2.31. The molecule has 1 N–H and O–H groups in total. The fraction of sp³-hybridized carbons (Fsp3) is 0.308. The molecule has 5 heteroatoms. The summed E-state index contributed by atoms with van der Waals surface area (Å²) in [5.41, 5.74) is -0.483. The molecule has 0 aliphatic rings. The quantitative estimate of drug-likeness (QED) is 0.908. The van der Waals surface area contributed by atoms with Crippen molar-refractivity contribution in [2.45, 2.75) is 20.3 Å². The van der Waals surface area contributed by atoms with Crippen LogP contribution < -0.4 is 5.32 Å². The predicted octanol–water partition coefficient (Wildman–Crippen LogP) is 3.09. The van der Waals surface area contributed by atoms with E-state index in [0.717, 1.165) is 0 Å². The number of amides is 1. The number of carbonyl (C=O) groups excluding carboxylic acids is 1. The van der Waals surface area contributed by atoms with Crippen LogP contribution in [0.4, 0.5) is 5.69 Å². The molecule has 92 valence electrons. The van der Waals surface area contributed by atoms with Gasteiger partial charge in [-0.2, -0.15) is 10.5 Å². The minimum absolute atomic E-state index is 0.309. The lowest BCUT2D eigenvalue weighted by Crippen LogP contribution is -2.31. The Kier molecular flexibility index (Phi) is 4.31. The van der Waals surface area contributed by atoms with Gasteiger partial charge in [0.25, 0.3) is 0 Å². The Morgan fingerprint density at radius 3 is 2.67 bits per heavy atom. The number of nitrogens with zero attached hydrogens (tertiary/aromatic N) is 2. The molecule has 0 saturated heterocycles. The fourth-order valence-corrected chi connectivity index (χ4v) is 1.44. The van der Waals surface area contributed by atoms with Crippen LogP contribution in [-0.2, 0) is 4.79 Å². The number of hydrogen-bond acceptors (Lipinski definition) is 3. The summed E-state index contributed by atoms with van der Waals surface area (Å²) < 4.78 is 0. The zero-order valence-electron chi connectivity index (χ0n) is 10.1. The van der Waals surface area contributed by atoms with Crippen LogP contribution in [0.1, 0.15) is 25.8 Å². The second kappa shape index (κ2) is 5.53. The van der Waals surface area contributed by atoms with Gasteiger partial charge in [0, 0.05) is 5.02 Å². The molecule has 1 atom stereocenters. The van der Waals surface area contributed by atoms with E-state index in [-0.39, 0.29) is 0 Å². The molecule has 1 aromatic rings. The topological polar surface area (TPSA) is 76.7 Å². The molecule has 4 nitrogen and oxygen atoms in total. The molecule has 1 aromatic carbocycles. The van der Waals surface area contributed by atoms with E-state index in [9.17, 15) is 4.79 Å². The molecule has 18 heavy (non-hydrogen) atoms. The normalized spacial score (nSPS) is 12.9.